The van der Waals surface area contributed by atoms with Gasteiger partial charge in [-0.25, -0.2) is 0 Å². The van der Waals surface area contributed by atoms with Crippen LogP contribution in [-0.2, 0) is 12.8 Å². The highest BCUT2D eigenvalue weighted by Gasteiger charge is 2.00. The fourth-order valence-corrected chi connectivity index (χ4v) is 1.90. The number of benzene rings is 1. The lowest BCUT2D eigenvalue weighted by molar-refractivity contribution is 0.839. The molecule has 0 saturated heterocycles. The molecule has 0 spiro atoms. The number of aryl methyl sites for hydroxylation is 3. The van der Waals surface area contributed by atoms with Crippen LogP contribution in [0.25, 0.3) is 0 Å². The maximum absolute atomic E-state index is 4.19. The highest BCUT2D eigenvalue weighted by Crippen LogP contribution is 2.15. The molecule has 0 saturated carbocycles. The smallest absolute Gasteiger partial charge is 0.0634 e. The summed E-state index contributed by atoms with van der Waals surface area (Å²) < 4.78 is 0. The second kappa shape index (κ2) is 5.76. The first-order valence-corrected chi connectivity index (χ1v) is 6.53. The summed E-state index contributed by atoms with van der Waals surface area (Å²) in [6.07, 6.45) is 1.98. The zero-order valence-electron chi connectivity index (χ0n) is 11.4. The molecule has 0 aliphatic rings. The number of hydrogen-bond donors (Lipinski definition) is 0. The monoisotopic (exact) mass is 240 g/mol. The first-order chi connectivity index (χ1) is 8.65. The van der Waals surface area contributed by atoms with E-state index in [4.69, 9.17) is 0 Å². The Kier molecular flexibility index (Phi) is 4.08. The van der Waals surface area contributed by atoms with Crippen molar-refractivity contribution in [1.82, 2.24) is 10.2 Å². The second-order valence-electron chi connectivity index (χ2n) is 5.06. The number of nitrogens with zero attached hydrogens (tertiary/aromatic N) is 2. The number of hydrogen-bond acceptors (Lipinski definition) is 2. The minimum Gasteiger partial charge on any atom is -0.156 e. The molecule has 18 heavy (non-hydrogen) atoms. The molecule has 1 heterocycles. The minimum absolute atomic E-state index is 0.599. The lowest BCUT2D eigenvalue weighted by atomic mass is 10.00. The van der Waals surface area contributed by atoms with E-state index in [0.29, 0.717) is 5.92 Å². The Morgan fingerprint density at radius 1 is 0.889 bits per heavy atom. The topological polar surface area (TPSA) is 25.8 Å². The van der Waals surface area contributed by atoms with E-state index in [1.165, 1.54) is 11.1 Å². The van der Waals surface area contributed by atoms with Crippen LogP contribution in [0.4, 0.5) is 0 Å². The third-order valence-corrected chi connectivity index (χ3v) is 3.17. The van der Waals surface area contributed by atoms with Gasteiger partial charge in [-0.3, -0.25) is 0 Å². The maximum atomic E-state index is 4.19. The Labute approximate surface area is 109 Å². The Morgan fingerprint density at radius 3 is 2.17 bits per heavy atom. The van der Waals surface area contributed by atoms with Gasteiger partial charge in [0.05, 0.1) is 11.4 Å². The zero-order valence-corrected chi connectivity index (χ0v) is 11.4. The highest BCUT2D eigenvalue weighted by atomic mass is 15.1. The summed E-state index contributed by atoms with van der Waals surface area (Å²) in [6.45, 7) is 6.40. The molecule has 0 N–H and O–H groups in total. The van der Waals surface area contributed by atoms with Crippen molar-refractivity contribution in [2.75, 3.05) is 0 Å². The van der Waals surface area contributed by atoms with Crippen LogP contribution in [0.15, 0.2) is 36.4 Å². The Balaban J connectivity index is 1.95. The molecule has 94 valence electrons. The molecule has 0 fully saturated rings. The average molecular weight is 240 g/mol. The molecule has 2 nitrogen and oxygen atoms in total. The number of aromatic nitrogens is 2. The highest BCUT2D eigenvalue weighted by molar-refractivity contribution is 5.25. The van der Waals surface area contributed by atoms with Crippen LogP contribution < -0.4 is 0 Å². The summed E-state index contributed by atoms with van der Waals surface area (Å²) in [5, 5.41) is 8.27. The molecular formula is C16H20N2. The van der Waals surface area contributed by atoms with E-state index >= 15 is 0 Å². The summed E-state index contributed by atoms with van der Waals surface area (Å²) in [4.78, 5) is 0. The molecule has 2 aromatic rings. The fraction of sp³-hybridized carbons (Fsp3) is 0.375. The maximum Gasteiger partial charge on any atom is 0.0634 e. The van der Waals surface area contributed by atoms with Crippen molar-refractivity contribution in [1.29, 1.82) is 0 Å². The van der Waals surface area contributed by atoms with E-state index in [9.17, 15) is 0 Å². The summed E-state index contributed by atoms with van der Waals surface area (Å²) in [7, 11) is 0. The predicted octanol–water partition coefficient (Wildman–Crippen LogP) is 3.69. The zero-order chi connectivity index (χ0) is 13.0. The van der Waals surface area contributed by atoms with Gasteiger partial charge in [-0.05, 0) is 48.9 Å². The van der Waals surface area contributed by atoms with Gasteiger partial charge in [0.15, 0.2) is 0 Å². The SMILES string of the molecule is Cc1ccc(CCc2ccc(C(C)C)cc2)nn1. The van der Waals surface area contributed by atoms with Crippen molar-refractivity contribution in [2.45, 2.75) is 39.5 Å². The van der Waals surface area contributed by atoms with Crippen molar-refractivity contribution >= 4 is 0 Å². The van der Waals surface area contributed by atoms with Crippen molar-refractivity contribution in [2.24, 2.45) is 0 Å². The molecule has 0 aliphatic carbocycles. The van der Waals surface area contributed by atoms with Gasteiger partial charge in [-0.1, -0.05) is 38.1 Å². The molecule has 0 unspecified atom stereocenters. The van der Waals surface area contributed by atoms with Crippen LogP contribution in [-0.4, -0.2) is 10.2 Å². The normalized spacial score (nSPS) is 10.9. The van der Waals surface area contributed by atoms with Crippen LogP contribution in [0.2, 0.25) is 0 Å². The molecule has 1 aromatic heterocycles. The van der Waals surface area contributed by atoms with Crippen LogP contribution in [0.5, 0.6) is 0 Å². The van der Waals surface area contributed by atoms with Gasteiger partial charge in [0.1, 0.15) is 0 Å². The van der Waals surface area contributed by atoms with E-state index in [1.54, 1.807) is 0 Å². The van der Waals surface area contributed by atoms with Gasteiger partial charge in [0, 0.05) is 0 Å². The van der Waals surface area contributed by atoms with Gasteiger partial charge in [-0.15, -0.1) is 0 Å². The van der Waals surface area contributed by atoms with E-state index in [2.05, 4.69) is 54.4 Å². The molecule has 0 amide bonds. The third kappa shape index (κ3) is 3.39. The average Bonchev–Trinajstić information content (AvgIpc) is 2.38. The van der Waals surface area contributed by atoms with Crippen LogP contribution >= 0.6 is 0 Å². The largest absolute Gasteiger partial charge is 0.156 e. The standard InChI is InChI=1S/C16H20N2/c1-12(2)15-8-5-14(6-9-15)7-11-16-10-4-13(3)17-18-16/h4-6,8-10,12H,7,11H2,1-3H3. The van der Waals surface area contributed by atoms with Crippen LogP contribution in [0.1, 0.15) is 42.3 Å². The minimum atomic E-state index is 0.599. The molecular weight excluding hydrogens is 220 g/mol. The van der Waals surface area contributed by atoms with Gasteiger partial charge < -0.3 is 0 Å². The van der Waals surface area contributed by atoms with E-state index in [-0.39, 0.29) is 0 Å². The van der Waals surface area contributed by atoms with Gasteiger partial charge in [0.2, 0.25) is 0 Å². The first-order valence-electron chi connectivity index (χ1n) is 6.53. The van der Waals surface area contributed by atoms with E-state index in [0.717, 1.165) is 24.2 Å². The quantitative estimate of drug-likeness (QED) is 0.814. The van der Waals surface area contributed by atoms with Crippen molar-refractivity contribution in [3.05, 3.63) is 58.9 Å². The fourth-order valence-electron chi connectivity index (χ4n) is 1.90. The molecule has 2 rings (SSSR count). The molecule has 2 heteroatoms. The van der Waals surface area contributed by atoms with Gasteiger partial charge in [0.25, 0.3) is 0 Å². The molecule has 0 radical (unpaired) electrons. The number of rotatable bonds is 4. The first kappa shape index (κ1) is 12.7. The van der Waals surface area contributed by atoms with Gasteiger partial charge in [-0.2, -0.15) is 10.2 Å². The molecule has 0 aliphatic heterocycles. The molecule has 1 aromatic carbocycles. The van der Waals surface area contributed by atoms with Crippen LogP contribution in [0.3, 0.4) is 0 Å². The lowest BCUT2D eigenvalue weighted by Gasteiger charge is -2.06. The van der Waals surface area contributed by atoms with Crippen molar-refractivity contribution < 1.29 is 0 Å². The van der Waals surface area contributed by atoms with E-state index in [1.807, 2.05) is 13.0 Å². The second-order valence-corrected chi connectivity index (χ2v) is 5.06. The summed E-state index contributed by atoms with van der Waals surface area (Å²) >= 11 is 0. The Morgan fingerprint density at radius 2 is 1.61 bits per heavy atom. The van der Waals surface area contributed by atoms with E-state index < -0.39 is 0 Å². The van der Waals surface area contributed by atoms with Crippen LogP contribution in [0, 0.1) is 6.92 Å². The summed E-state index contributed by atoms with van der Waals surface area (Å²) in [6, 6.07) is 13.0. The Hall–Kier alpha value is -1.70. The van der Waals surface area contributed by atoms with Crippen molar-refractivity contribution in [3.8, 4) is 0 Å². The molecule has 0 atom stereocenters. The predicted molar refractivity (Wildman–Crippen MR) is 74.7 cm³/mol. The van der Waals surface area contributed by atoms with Gasteiger partial charge >= 0.3 is 0 Å². The summed E-state index contributed by atoms with van der Waals surface area (Å²) in [5.74, 6) is 0.599. The van der Waals surface area contributed by atoms with Crippen molar-refractivity contribution in [3.63, 3.8) is 0 Å². The molecule has 0 bridgehead atoms. The Bertz CT molecular complexity index is 484. The summed E-state index contributed by atoms with van der Waals surface area (Å²) in [5.41, 5.74) is 4.80. The third-order valence-electron chi connectivity index (χ3n) is 3.17. The lowest BCUT2D eigenvalue weighted by Crippen LogP contribution is -1.97.